The lowest BCUT2D eigenvalue weighted by molar-refractivity contribution is -0.112. The van der Waals surface area contributed by atoms with Gasteiger partial charge < -0.3 is 14.3 Å². The second kappa shape index (κ2) is 6.65. The van der Waals surface area contributed by atoms with Crippen molar-refractivity contribution in [3.05, 3.63) is 59.2 Å². The molecule has 1 atom stereocenters. The van der Waals surface area contributed by atoms with E-state index in [4.69, 9.17) is 9.47 Å². The van der Waals surface area contributed by atoms with E-state index in [1.807, 2.05) is 50.2 Å². The van der Waals surface area contributed by atoms with Gasteiger partial charge in [0.25, 0.3) is 0 Å². The highest BCUT2D eigenvalue weighted by Crippen LogP contribution is 2.32. The molecule has 0 amide bonds. The summed E-state index contributed by atoms with van der Waals surface area (Å²) in [4.78, 5) is 11.8. The molecule has 0 N–H and O–H groups in total. The van der Waals surface area contributed by atoms with Crippen LogP contribution in [0.3, 0.4) is 0 Å². The number of benzene rings is 2. The van der Waals surface area contributed by atoms with E-state index in [1.165, 1.54) is 0 Å². The van der Waals surface area contributed by atoms with Crippen LogP contribution >= 0.6 is 0 Å². The highest BCUT2D eigenvalue weighted by atomic mass is 16.5. The Balaban J connectivity index is 2.40. The van der Waals surface area contributed by atoms with Gasteiger partial charge in [-0.3, -0.25) is 0 Å². The fraction of sp³-hybridized carbons (Fsp3) is 0.316. The molecule has 0 spiro atoms. The minimum atomic E-state index is -0.589. The number of hydrogen-bond acceptors (Lipinski definition) is 3. The summed E-state index contributed by atoms with van der Waals surface area (Å²) in [6.07, 6.45) is 1.60. The van der Waals surface area contributed by atoms with Crippen LogP contribution in [0.2, 0.25) is 0 Å². The van der Waals surface area contributed by atoms with Crippen molar-refractivity contribution in [3.8, 4) is 11.5 Å². The number of aldehydes is 1. The number of rotatable bonds is 6. The Hall–Kier alpha value is -2.29. The summed E-state index contributed by atoms with van der Waals surface area (Å²) in [5.74, 6) is 1.48. The molecule has 2 aromatic rings. The van der Waals surface area contributed by atoms with E-state index in [0.29, 0.717) is 6.42 Å². The maximum Gasteiger partial charge on any atom is 0.130 e. The molecule has 0 heterocycles. The third-order valence-electron chi connectivity index (χ3n) is 3.99. The zero-order valence-electron chi connectivity index (χ0n) is 13.6. The van der Waals surface area contributed by atoms with Gasteiger partial charge in [0, 0.05) is 6.07 Å². The highest BCUT2D eigenvalue weighted by Gasteiger charge is 2.28. The molecule has 0 aliphatic heterocycles. The number of aryl methyl sites for hydroxylation is 1. The topological polar surface area (TPSA) is 35.5 Å². The predicted octanol–water partition coefficient (Wildman–Crippen LogP) is 3.71. The van der Waals surface area contributed by atoms with Crippen LogP contribution in [0.4, 0.5) is 0 Å². The fourth-order valence-electron chi connectivity index (χ4n) is 2.61. The Morgan fingerprint density at radius 1 is 1.09 bits per heavy atom. The Kier molecular flexibility index (Phi) is 4.86. The molecule has 0 aliphatic rings. The quantitative estimate of drug-likeness (QED) is 0.763. The number of methoxy groups -OCH3 is 2. The van der Waals surface area contributed by atoms with Crippen LogP contribution in [0.5, 0.6) is 11.5 Å². The highest BCUT2D eigenvalue weighted by molar-refractivity contribution is 5.69. The Bertz CT molecular complexity index is 663. The van der Waals surface area contributed by atoms with Gasteiger partial charge in [-0.15, -0.1) is 0 Å². The average molecular weight is 298 g/mol. The third kappa shape index (κ3) is 3.30. The van der Waals surface area contributed by atoms with Gasteiger partial charge in [-0.2, -0.15) is 0 Å². The number of hydrogen-bond donors (Lipinski definition) is 0. The maximum absolute atomic E-state index is 11.8. The first-order chi connectivity index (χ1) is 10.5. The zero-order valence-corrected chi connectivity index (χ0v) is 13.6. The Morgan fingerprint density at radius 3 is 2.45 bits per heavy atom. The zero-order chi connectivity index (χ0) is 16.2. The van der Waals surface area contributed by atoms with Gasteiger partial charge >= 0.3 is 0 Å². The standard InChI is InChI=1S/C19H22O3/c1-14-6-5-7-16(10-14)19(2,13-20)12-15-8-9-17(21-3)11-18(15)22-4/h5-11,13H,12H2,1-4H3. The van der Waals surface area contributed by atoms with Crippen molar-refractivity contribution in [1.29, 1.82) is 0 Å². The molecule has 0 saturated carbocycles. The summed E-state index contributed by atoms with van der Waals surface area (Å²) in [5.41, 5.74) is 2.56. The first-order valence-electron chi connectivity index (χ1n) is 7.27. The second-order valence-corrected chi connectivity index (χ2v) is 5.76. The van der Waals surface area contributed by atoms with Crippen molar-refractivity contribution in [3.63, 3.8) is 0 Å². The van der Waals surface area contributed by atoms with Gasteiger partial charge in [-0.25, -0.2) is 0 Å². The minimum Gasteiger partial charge on any atom is -0.497 e. The summed E-state index contributed by atoms with van der Waals surface area (Å²) in [5, 5.41) is 0. The second-order valence-electron chi connectivity index (χ2n) is 5.76. The fourth-order valence-corrected chi connectivity index (χ4v) is 2.61. The molecule has 0 fully saturated rings. The van der Waals surface area contributed by atoms with E-state index in [0.717, 1.165) is 34.5 Å². The third-order valence-corrected chi connectivity index (χ3v) is 3.99. The molecule has 3 nitrogen and oxygen atoms in total. The molecule has 0 saturated heterocycles. The van der Waals surface area contributed by atoms with Crippen LogP contribution in [0, 0.1) is 6.92 Å². The van der Waals surface area contributed by atoms with Crippen molar-refractivity contribution in [2.75, 3.05) is 14.2 Å². The molecular formula is C19H22O3. The molecule has 116 valence electrons. The van der Waals surface area contributed by atoms with Gasteiger partial charge in [-0.05, 0) is 37.5 Å². The Morgan fingerprint density at radius 2 is 1.86 bits per heavy atom. The van der Waals surface area contributed by atoms with Crippen LogP contribution < -0.4 is 9.47 Å². The average Bonchev–Trinajstić information content (AvgIpc) is 2.55. The van der Waals surface area contributed by atoms with Crippen LogP contribution in [-0.4, -0.2) is 20.5 Å². The summed E-state index contributed by atoms with van der Waals surface area (Å²) < 4.78 is 10.7. The number of ether oxygens (including phenoxy) is 2. The molecule has 2 aromatic carbocycles. The van der Waals surface area contributed by atoms with Crippen molar-refractivity contribution in [1.82, 2.24) is 0 Å². The SMILES string of the molecule is COc1ccc(CC(C)(C=O)c2cccc(C)c2)c(OC)c1. The minimum absolute atomic E-state index is 0.577. The molecule has 3 heteroatoms. The first-order valence-corrected chi connectivity index (χ1v) is 7.27. The molecule has 0 aromatic heterocycles. The van der Waals surface area contributed by atoms with Crippen LogP contribution in [-0.2, 0) is 16.6 Å². The van der Waals surface area contributed by atoms with Gasteiger partial charge in [0.1, 0.15) is 17.8 Å². The lowest BCUT2D eigenvalue weighted by atomic mass is 9.78. The molecular weight excluding hydrogens is 276 g/mol. The summed E-state index contributed by atoms with van der Waals surface area (Å²) in [6.45, 7) is 3.99. The molecule has 0 aliphatic carbocycles. The van der Waals surface area contributed by atoms with Crippen molar-refractivity contribution >= 4 is 6.29 Å². The van der Waals surface area contributed by atoms with E-state index in [9.17, 15) is 4.79 Å². The largest absolute Gasteiger partial charge is 0.497 e. The molecule has 2 rings (SSSR count). The summed E-state index contributed by atoms with van der Waals surface area (Å²) in [6, 6.07) is 13.8. The van der Waals surface area contributed by atoms with Crippen LogP contribution in [0.15, 0.2) is 42.5 Å². The van der Waals surface area contributed by atoms with Gasteiger partial charge in [0.15, 0.2) is 0 Å². The smallest absolute Gasteiger partial charge is 0.130 e. The molecule has 0 bridgehead atoms. The number of carbonyl (C=O) groups excluding carboxylic acids is 1. The van der Waals surface area contributed by atoms with E-state index < -0.39 is 5.41 Å². The molecule has 1 unspecified atom stereocenters. The summed E-state index contributed by atoms with van der Waals surface area (Å²) in [7, 11) is 3.25. The maximum atomic E-state index is 11.8. The van der Waals surface area contributed by atoms with Crippen molar-refractivity contribution in [2.24, 2.45) is 0 Å². The van der Waals surface area contributed by atoms with E-state index in [1.54, 1.807) is 14.2 Å². The van der Waals surface area contributed by atoms with E-state index in [-0.39, 0.29) is 0 Å². The van der Waals surface area contributed by atoms with Crippen molar-refractivity contribution in [2.45, 2.75) is 25.7 Å². The van der Waals surface area contributed by atoms with E-state index in [2.05, 4.69) is 6.07 Å². The normalized spacial score (nSPS) is 13.3. The number of carbonyl (C=O) groups is 1. The van der Waals surface area contributed by atoms with Gasteiger partial charge in [0.05, 0.1) is 19.6 Å². The van der Waals surface area contributed by atoms with Gasteiger partial charge in [0.2, 0.25) is 0 Å². The molecule has 0 radical (unpaired) electrons. The van der Waals surface area contributed by atoms with Crippen molar-refractivity contribution < 1.29 is 14.3 Å². The summed E-state index contributed by atoms with van der Waals surface area (Å²) >= 11 is 0. The van der Waals surface area contributed by atoms with Crippen LogP contribution in [0.1, 0.15) is 23.6 Å². The van der Waals surface area contributed by atoms with Crippen LogP contribution in [0.25, 0.3) is 0 Å². The predicted molar refractivity (Wildman–Crippen MR) is 87.8 cm³/mol. The van der Waals surface area contributed by atoms with E-state index >= 15 is 0 Å². The Labute approximate surface area is 131 Å². The molecule has 22 heavy (non-hydrogen) atoms. The lowest BCUT2D eigenvalue weighted by Gasteiger charge is -2.25. The lowest BCUT2D eigenvalue weighted by Crippen LogP contribution is -2.27. The monoisotopic (exact) mass is 298 g/mol. The van der Waals surface area contributed by atoms with Gasteiger partial charge in [-0.1, -0.05) is 35.9 Å². The first kappa shape index (κ1) is 16.1.